The first-order valence-electron chi connectivity index (χ1n) is 6.79. The highest BCUT2D eigenvalue weighted by Gasteiger charge is 2.59. The summed E-state index contributed by atoms with van der Waals surface area (Å²) in [6.45, 7) is 2.41. The molecule has 0 bridgehead atoms. The number of carbonyl (C=O) groups is 1. The van der Waals surface area contributed by atoms with Gasteiger partial charge in [-0.1, -0.05) is 6.92 Å². The lowest BCUT2D eigenvalue weighted by Gasteiger charge is -2.25. The van der Waals surface area contributed by atoms with Crippen LogP contribution in [0.4, 0.5) is 0 Å². The van der Waals surface area contributed by atoms with Crippen LogP contribution in [-0.4, -0.2) is 48.5 Å². The van der Waals surface area contributed by atoms with E-state index >= 15 is 0 Å². The fraction of sp³-hybridized carbons (Fsp3) is 0.917. The Kier molecular flexibility index (Phi) is 2.71. The van der Waals surface area contributed by atoms with Gasteiger partial charge in [-0.3, -0.25) is 10.1 Å². The maximum Gasteiger partial charge on any atom is 0.244 e. The van der Waals surface area contributed by atoms with E-state index in [-0.39, 0.29) is 28.6 Å². The first-order chi connectivity index (χ1) is 8.48. The summed E-state index contributed by atoms with van der Waals surface area (Å²) in [5.41, 5.74) is -0.330. The van der Waals surface area contributed by atoms with E-state index in [1.807, 2.05) is 6.92 Å². The van der Waals surface area contributed by atoms with Gasteiger partial charge in [0.05, 0.1) is 22.7 Å². The lowest BCUT2D eigenvalue weighted by atomic mass is 10.2. The molecule has 102 valence electrons. The second-order valence-corrected chi connectivity index (χ2v) is 8.14. The van der Waals surface area contributed by atoms with Crippen molar-refractivity contribution in [1.29, 1.82) is 0 Å². The van der Waals surface area contributed by atoms with Crippen molar-refractivity contribution in [3.63, 3.8) is 0 Å². The summed E-state index contributed by atoms with van der Waals surface area (Å²) in [4.78, 5) is 14.1. The summed E-state index contributed by atoms with van der Waals surface area (Å²) >= 11 is 0. The van der Waals surface area contributed by atoms with Gasteiger partial charge in [0.15, 0.2) is 9.84 Å². The largest absolute Gasteiger partial charge is 0.324 e. The van der Waals surface area contributed by atoms with E-state index in [4.69, 9.17) is 0 Å². The average molecular weight is 272 g/mol. The first kappa shape index (κ1) is 12.4. The summed E-state index contributed by atoms with van der Waals surface area (Å²) in [6.07, 6.45) is 4.10. The summed E-state index contributed by atoms with van der Waals surface area (Å²) < 4.78 is 23.7. The Balaban J connectivity index is 1.77. The molecule has 18 heavy (non-hydrogen) atoms. The number of hydrogen-bond donors (Lipinski definition) is 1. The highest BCUT2D eigenvalue weighted by atomic mass is 32.2. The molecule has 1 saturated carbocycles. The molecule has 1 spiro atoms. The zero-order valence-electron chi connectivity index (χ0n) is 10.7. The van der Waals surface area contributed by atoms with E-state index in [1.54, 1.807) is 4.90 Å². The van der Waals surface area contributed by atoms with Crippen LogP contribution in [0.15, 0.2) is 0 Å². The van der Waals surface area contributed by atoms with E-state index in [2.05, 4.69) is 5.32 Å². The number of nitrogens with one attached hydrogen (secondary N) is 1. The van der Waals surface area contributed by atoms with Gasteiger partial charge in [-0.05, 0) is 32.1 Å². The Bertz CT molecular complexity index is 470. The van der Waals surface area contributed by atoms with E-state index in [0.717, 1.165) is 25.7 Å². The smallest absolute Gasteiger partial charge is 0.244 e. The van der Waals surface area contributed by atoms with Crippen molar-refractivity contribution in [2.75, 3.05) is 12.3 Å². The van der Waals surface area contributed by atoms with Crippen molar-refractivity contribution < 1.29 is 13.2 Å². The number of amides is 1. The monoisotopic (exact) mass is 272 g/mol. The molecule has 1 aliphatic carbocycles. The average Bonchev–Trinajstić information content (AvgIpc) is 2.96. The summed E-state index contributed by atoms with van der Waals surface area (Å²) in [6, 6.07) is 0. The minimum Gasteiger partial charge on any atom is -0.324 e. The number of rotatable bonds is 3. The van der Waals surface area contributed by atoms with Crippen LogP contribution in [0.3, 0.4) is 0 Å². The Morgan fingerprint density at radius 1 is 1.44 bits per heavy atom. The lowest BCUT2D eigenvalue weighted by Crippen LogP contribution is -2.42. The van der Waals surface area contributed by atoms with Crippen LogP contribution in [0.1, 0.15) is 39.0 Å². The molecule has 2 atom stereocenters. The van der Waals surface area contributed by atoms with E-state index < -0.39 is 9.84 Å². The van der Waals surface area contributed by atoms with Crippen LogP contribution in [-0.2, 0) is 14.6 Å². The molecule has 2 saturated heterocycles. The van der Waals surface area contributed by atoms with Gasteiger partial charge < -0.3 is 4.90 Å². The standard InChI is InChI=1S/C12H20N2O3S/c1-2-10-13-12(5-6-12)11(15)14(10)8-9-4-3-7-18(9,16)17/h9-10,13H,2-8H2,1H3. The fourth-order valence-corrected chi connectivity index (χ4v) is 4.99. The topological polar surface area (TPSA) is 66.5 Å². The molecule has 2 unspecified atom stereocenters. The number of sulfone groups is 1. The van der Waals surface area contributed by atoms with Gasteiger partial charge in [-0.25, -0.2) is 8.42 Å². The molecule has 0 aromatic rings. The minimum atomic E-state index is -2.97. The second kappa shape index (κ2) is 3.93. The molecule has 0 aromatic carbocycles. The molecule has 0 aromatic heterocycles. The van der Waals surface area contributed by atoms with Gasteiger partial charge in [0.1, 0.15) is 0 Å². The SMILES string of the molecule is CCC1NC2(CC2)C(=O)N1CC1CCCS1(=O)=O. The summed E-state index contributed by atoms with van der Waals surface area (Å²) in [5.74, 6) is 0.408. The number of hydrogen-bond acceptors (Lipinski definition) is 4. The van der Waals surface area contributed by atoms with Gasteiger partial charge in [0, 0.05) is 6.54 Å². The van der Waals surface area contributed by atoms with E-state index in [0.29, 0.717) is 13.0 Å². The fourth-order valence-electron chi connectivity index (χ4n) is 3.17. The molecule has 3 fully saturated rings. The van der Waals surface area contributed by atoms with Gasteiger partial charge in [0.25, 0.3) is 0 Å². The van der Waals surface area contributed by atoms with Crippen molar-refractivity contribution in [2.45, 2.75) is 56.0 Å². The Morgan fingerprint density at radius 3 is 2.67 bits per heavy atom. The van der Waals surface area contributed by atoms with E-state index in [1.165, 1.54) is 0 Å². The quantitative estimate of drug-likeness (QED) is 0.800. The molecule has 6 heteroatoms. The molecule has 5 nitrogen and oxygen atoms in total. The normalized spacial score (nSPS) is 36.5. The third kappa shape index (κ3) is 1.77. The molecule has 1 amide bonds. The van der Waals surface area contributed by atoms with Crippen LogP contribution in [0.25, 0.3) is 0 Å². The summed E-state index contributed by atoms with van der Waals surface area (Å²) in [7, 11) is -2.97. The Morgan fingerprint density at radius 2 is 2.17 bits per heavy atom. The predicted octanol–water partition coefficient (Wildman–Crippen LogP) is 0.264. The lowest BCUT2D eigenvalue weighted by molar-refractivity contribution is -0.130. The highest BCUT2D eigenvalue weighted by molar-refractivity contribution is 7.92. The zero-order valence-corrected chi connectivity index (χ0v) is 11.5. The van der Waals surface area contributed by atoms with Crippen molar-refractivity contribution in [3.05, 3.63) is 0 Å². The first-order valence-corrected chi connectivity index (χ1v) is 8.50. The van der Waals surface area contributed by atoms with Crippen LogP contribution < -0.4 is 5.32 Å². The van der Waals surface area contributed by atoms with Crippen molar-refractivity contribution >= 4 is 15.7 Å². The molecule has 3 rings (SSSR count). The van der Waals surface area contributed by atoms with Crippen LogP contribution in [0.2, 0.25) is 0 Å². The third-order valence-corrected chi connectivity index (χ3v) is 6.75. The Labute approximate surface area is 108 Å². The van der Waals surface area contributed by atoms with Crippen molar-refractivity contribution in [1.82, 2.24) is 10.2 Å². The molecule has 2 aliphatic heterocycles. The molecular weight excluding hydrogens is 252 g/mol. The molecular formula is C12H20N2O3S. The highest BCUT2D eigenvalue weighted by Crippen LogP contribution is 2.43. The zero-order chi connectivity index (χ0) is 13.0. The molecule has 3 aliphatic rings. The minimum absolute atomic E-state index is 0.0239. The van der Waals surface area contributed by atoms with E-state index in [9.17, 15) is 13.2 Å². The number of carbonyl (C=O) groups excluding carboxylic acids is 1. The Hall–Kier alpha value is -0.620. The van der Waals surface area contributed by atoms with Gasteiger partial charge >= 0.3 is 0 Å². The number of nitrogens with zero attached hydrogens (tertiary/aromatic N) is 1. The second-order valence-electron chi connectivity index (χ2n) is 5.74. The summed E-state index contributed by atoms with van der Waals surface area (Å²) in [5, 5.41) is 3.03. The van der Waals surface area contributed by atoms with Crippen molar-refractivity contribution in [3.8, 4) is 0 Å². The van der Waals surface area contributed by atoms with Crippen molar-refractivity contribution in [2.24, 2.45) is 0 Å². The van der Waals surface area contributed by atoms with Gasteiger partial charge in [0.2, 0.25) is 5.91 Å². The van der Waals surface area contributed by atoms with Gasteiger partial charge in [-0.15, -0.1) is 0 Å². The third-order valence-electron chi connectivity index (χ3n) is 4.49. The maximum absolute atomic E-state index is 12.3. The van der Waals surface area contributed by atoms with Crippen LogP contribution in [0, 0.1) is 0 Å². The predicted molar refractivity (Wildman–Crippen MR) is 67.7 cm³/mol. The molecule has 0 radical (unpaired) electrons. The van der Waals surface area contributed by atoms with Gasteiger partial charge in [-0.2, -0.15) is 0 Å². The molecule has 2 heterocycles. The maximum atomic E-state index is 12.3. The van der Waals surface area contributed by atoms with Crippen LogP contribution >= 0.6 is 0 Å². The molecule has 1 N–H and O–H groups in total. The van der Waals surface area contributed by atoms with Crippen LogP contribution in [0.5, 0.6) is 0 Å².